The Morgan fingerprint density at radius 3 is 2.58 bits per heavy atom. The SMILES string of the molecule is CNC(=O)c1cccc(CN=C(N)Nc2cc(OC)ccc2OC)c1.I. The lowest BCUT2D eigenvalue weighted by Gasteiger charge is -2.12. The fourth-order valence-corrected chi connectivity index (χ4v) is 2.22. The maximum Gasteiger partial charge on any atom is 0.251 e. The summed E-state index contributed by atoms with van der Waals surface area (Å²) < 4.78 is 10.5. The number of anilines is 1. The molecular weight excluding hydrogens is 447 g/mol. The van der Waals surface area contributed by atoms with Crippen LogP contribution in [0.15, 0.2) is 47.5 Å². The Hall–Kier alpha value is -2.49. The molecule has 0 unspecified atom stereocenters. The molecule has 2 aromatic carbocycles. The van der Waals surface area contributed by atoms with Gasteiger partial charge in [-0.3, -0.25) is 4.79 Å². The Bertz CT molecular complexity index is 781. The normalized spacial score (nSPS) is 10.5. The molecule has 140 valence electrons. The summed E-state index contributed by atoms with van der Waals surface area (Å²) in [5.41, 5.74) is 8.07. The number of nitrogens with two attached hydrogens (primary N) is 1. The Balaban J connectivity index is 0.00000338. The number of halogens is 1. The molecule has 0 saturated carbocycles. The fourth-order valence-electron chi connectivity index (χ4n) is 2.22. The van der Waals surface area contributed by atoms with E-state index in [1.54, 1.807) is 51.6 Å². The number of carbonyl (C=O) groups is 1. The van der Waals surface area contributed by atoms with Crippen molar-refractivity contribution >= 4 is 41.5 Å². The van der Waals surface area contributed by atoms with Gasteiger partial charge in [0.25, 0.3) is 5.91 Å². The van der Waals surface area contributed by atoms with Crippen molar-refractivity contribution in [1.29, 1.82) is 0 Å². The van der Waals surface area contributed by atoms with E-state index < -0.39 is 0 Å². The van der Waals surface area contributed by atoms with Gasteiger partial charge in [0.05, 0.1) is 26.5 Å². The van der Waals surface area contributed by atoms with Gasteiger partial charge in [0.15, 0.2) is 5.96 Å². The van der Waals surface area contributed by atoms with Crippen LogP contribution in [0.2, 0.25) is 0 Å². The van der Waals surface area contributed by atoms with Crippen molar-refractivity contribution in [3.8, 4) is 11.5 Å². The Morgan fingerprint density at radius 2 is 1.92 bits per heavy atom. The minimum atomic E-state index is -0.141. The summed E-state index contributed by atoms with van der Waals surface area (Å²) >= 11 is 0. The summed E-state index contributed by atoms with van der Waals surface area (Å²) in [6.07, 6.45) is 0. The zero-order valence-corrected chi connectivity index (χ0v) is 17.2. The van der Waals surface area contributed by atoms with Crippen molar-refractivity contribution in [3.63, 3.8) is 0 Å². The summed E-state index contributed by atoms with van der Waals surface area (Å²) in [7, 11) is 4.75. The van der Waals surface area contributed by atoms with E-state index in [-0.39, 0.29) is 35.8 Å². The highest BCUT2D eigenvalue weighted by molar-refractivity contribution is 14.0. The zero-order valence-electron chi connectivity index (χ0n) is 14.9. The number of ether oxygens (including phenoxy) is 2. The lowest BCUT2D eigenvalue weighted by Crippen LogP contribution is -2.23. The number of rotatable bonds is 6. The quantitative estimate of drug-likeness (QED) is 0.343. The highest BCUT2D eigenvalue weighted by Gasteiger charge is 2.07. The van der Waals surface area contributed by atoms with Crippen molar-refractivity contribution in [1.82, 2.24) is 5.32 Å². The van der Waals surface area contributed by atoms with Crippen molar-refractivity contribution in [3.05, 3.63) is 53.6 Å². The number of guanidine groups is 1. The number of amides is 1. The van der Waals surface area contributed by atoms with Crippen molar-refractivity contribution in [2.24, 2.45) is 10.7 Å². The molecule has 0 saturated heterocycles. The average Bonchev–Trinajstić information content (AvgIpc) is 2.65. The number of aliphatic imine (C=N–C) groups is 1. The van der Waals surface area contributed by atoms with Crippen LogP contribution in [0.4, 0.5) is 5.69 Å². The predicted molar refractivity (Wildman–Crippen MR) is 114 cm³/mol. The summed E-state index contributed by atoms with van der Waals surface area (Å²) in [5.74, 6) is 1.39. The van der Waals surface area contributed by atoms with Crippen LogP contribution < -0.4 is 25.8 Å². The van der Waals surface area contributed by atoms with Crippen LogP contribution in [0.3, 0.4) is 0 Å². The van der Waals surface area contributed by atoms with Gasteiger partial charge in [-0.05, 0) is 29.8 Å². The molecule has 4 N–H and O–H groups in total. The number of carbonyl (C=O) groups excluding carboxylic acids is 1. The first-order valence-electron chi connectivity index (χ1n) is 7.67. The molecule has 0 aliphatic heterocycles. The first-order valence-corrected chi connectivity index (χ1v) is 7.67. The molecule has 0 aromatic heterocycles. The van der Waals surface area contributed by atoms with Gasteiger partial charge in [0, 0.05) is 18.7 Å². The fraction of sp³-hybridized carbons (Fsp3) is 0.222. The molecule has 0 aliphatic rings. The number of methoxy groups -OCH3 is 2. The van der Waals surface area contributed by atoms with Crippen molar-refractivity contribution < 1.29 is 14.3 Å². The van der Waals surface area contributed by atoms with Gasteiger partial charge in [0.1, 0.15) is 11.5 Å². The van der Waals surface area contributed by atoms with E-state index in [2.05, 4.69) is 15.6 Å². The third-order valence-electron chi connectivity index (χ3n) is 3.52. The molecule has 1 amide bonds. The standard InChI is InChI=1S/C18H22N4O3.HI/c1-20-17(23)13-6-4-5-12(9-13)11-21-18(19)22-15-10-14(24-2)7-8-16(15)25-3;/h4-10H,11H2,1-3H3,(H,20,23)(H3,19,21,22);1H. The Morgan fingerprint density at radius 1 is 1.15 bits per heavy atom. The highest BCUT2D eigenvalue weighted by atomic mass is 127. The second-order valence-electron chi connectivity index (χ2n) is 5.17. The first kappa shape index (κ1) is 21.6. The third-order valence-corrected chi connectivity index (χ3v) is 3.52. The molecule has 0 atom stereocenters. The molecule has 2 rings (SSSR count). The summed E-state index contributed by atoms with van der Waals surface area (Å²) in [4.78, 5) is 16.0. The van der Waals surface area contributed by atoms with Gasteiger partial charge < -0.3 is 25.8 Å². The molecule has 26 heavy (non-hydrogen) atoms. The topological polar surface area (TPSA) is 98.0 Å². The number of hydrogen-bond acceptors (Lipinski definition) is 4. The molecular formula is C18H23IN4O3. The predicted octanol–water partition coefficient (Wildman–Crippen LogP) is 2.61. The number of nitrogens with one attached hydrogen (secondary N) is 2. The van der Waals surface area contributed by atoms with Crippen molar-refractivity contribution in [2.75, 3.05) is 26.6 Å². The third kappa shape index (κ3) is 5.80. The second-order valence-corrected chi connectivity index (χ2v) is 5.17. The van der Waals surface area contributed by atoms with E-state index in [1.807, 2.05) is 12.1 Å². The number of hydrogen-bond donors (Lipinski definition) is 3. The van der Waals surface area contributed by atoms with Gasteiger partial charge in [-0.1, -0.05) is 12.1 Å². The molecule has 0 spiro atoms. The molecule has 2 aromatic rings. The molecule has 0 heterocycles. The van der Waals surface area contributed by atoms with E-state index in [9.17, 15) is 4.79 Å². The number of benzene rings is 2. The molecule has 8 heteroatoms. The summed E-state index contributed by atoms with van der Waals surface area (Å²) in [5, 5.41) is 5.59. The Labute approximate surface area is 170 Å². The monoisotopic (exact) mass is 470 g/mol. The minimum absolute atomic E-state index is 0. The minimum Gasteiger partial charge on any atom is -0.497 e. The van der Waals surface area contributed by atoms with Crippen LogP contribution in [0, 0.1) is 0 Å². The number of nitrogens with zero attached hydrogens (tertiary/aromatic N) is 1. The van der Waals surface area contributed by atoms with Crippen LogP contribution in [-0.4, -0.2) is 33.1 Å². The maximum atomic E-state index is 11.7. The van der Waals surface area contributed by atoms with E-state index in [0.29, 0.717) is 29.3 Å². The molecule has 0 aliphatic carbocycles. The second kappa shape index (κ2) is 10.5. The van der Waals surface area contributed by atoms with Crippen LogP contribution in [0.1, 0.15) is 15.9 Å². The van der Waals surface area contributed by atoms with Gasteiger partial charge in [-0.15, -0.1) is 24.0 Å². The van der Waals surface area contributed by atoms with E-state index in [0.717, 1.165) is 5.56 Å². The highest BCUT2D eigenvalue weighted by Crippen LogP contribution is 2.28. The maximum absolute atomic E-state index is 11.7. The van der Waals surface area contributed by atoms with Crippen LogP contribution in [0.5, 0.6) is 11.5 Å². The van der Waals surface area contributed by atoms with E-state index in [1.165, 1.54) is 0 Å². The largest absolute Gasteiger partial charge is 0.497 e. The first-order chi connectivity index (χ1) is 12.1. The van der Waals surface area contributed by atoms with Crippen LogP contribution >= 0.6 is 24.0 Å². The molecule has 0 radical (unpaired) electrons. The van der Waals surface area contributed by atoms with Gasteiger partial charge in [-0.25, -0.2) is 4.99 Å². The van der Waals surface area contributed by atoms with Crippen LogP contribution in [0.25, 0.3) is 0 Å². The van der Waals surface area contributed by atoms with Gasteiger partial charge in [0.2, 0.25) is 0 Å². The summed E-state index contributed by atoms with van der Waals surface area (Å²) in [6.45, 7) is 0.343. The lowest BCUT2D eigenvalue weighted by molar-refractivity contribution is 0.0963. The zero-order chi connectivity index (χ0) is 18.2. The summed E-state index contributed by atoms with van der Waals surface area (Å²) in [6, 6.07) is 12.6. The smallest absolute Gasteiger partial charge is 0.251 e. The van der Waals surface area contributed by atoms with Crippen molar-refractivity contribution in [2.45, 2.75) is 6.54 Å². The molecule has 0 bridgehead atoms. The average molecular weight is 470 g/mol. The van der Waals surface area contributed by atoms with Crippen LogP contribution in [-0.2, 0) is 6.54 Å². The molecule has 7 nitrogen and oxygen atoms in total. The molecule has 0 fully saturated rings. The lowest BCUT2D eigenvalue weighted by atomic mass is 10.1. The van der Waals surface area contributed by atoms with Gasteiger partial charge in [-0.2, -0.15) is 0 Å². The van der Waals surface area contributed by atoms with E-state index in [4.69, 9.17) is 15.2 Å². The van der Waals surface area contributed by atoms with E-state index >= 15 is 0 Å². The van der Waals surface area contributed by atoms with Gasteiger partial charge >= 0.3 is 0 Å². The Kier molecular flexibility index (Phi) is 8.70.